The van der Waals surface area contributed by atoms with Crippen LogP contribution >= 0.6 is 23.8 Å². The molecule has 50 valence electrons. The second-order valence-electron chi connectivity index (χ2n) is 1.62. The van der Waals surface area contributed by atoms with Gasteiger partial charge in [-0.3, -0.25) is 9.67 Å². The van der Waals surface area contributed by atoms with E-state index in [4.69, 9.17) is 23.8 Å². The zero-order valence-corrected chi connectivity index (χ0v) is 6.46. The number of nitrogens with zero attached hydrogens (tertiary/aromatic N) is 2. The van der Waals surface area contributed by atoms with Crippen LogP contribution in [-0.4, -0.2) is 14.8 Å². The highest BCUT2D eigenvalue weighted by Crippen LogP contribution is 1.96. The van der Waals surface area contributed by atoms with E-state index in [1.54, 1.807) is 4.57 Å². The second kappa shape index (κ2) is 2.49. The fraction of sp³-hybridized carbons (Fsp3) is 0.500. The first-order chi connectivity index (χ1) is 4.25. The smallest absolute Gasteiger partial charge is 0.196 e. The van der Waals surface area contributed by atoms with Gasteiger partial charge in [0.15, 0.2) is 4.77 Å². The molecule has 0 aromatic carbocycles. The van der Waals surface area contributed by atoms with Crippen LogP contribution in [0.5, 0.6) is 0 Å². The number of halogens is 1. The summed E-state index contributed by atoms with van der Waals surface area (Å²) in [5.74, 6) is 0.815. The van der Waals surface area contributed by atoms with Gasteiger partial charge in [-0.1, -0.05) is 0 Å². The van der Waals surface area contributed by atoms with Gasteiger partial charge >= 0.3 is 0 Å². The molecule has 0 radical (unpaired) electrons. The number of aromatic nitrogens is 3. The first-order valence-electron chi connectivity index (χ1n) is 2.43. The van der Waals surface area contributed by atoms with E-state index in [-0.39, 0.29) is 0 Å². The highest BCUT2D eigenvalue weighted by atomic mass is 35.5. The summed E-state index contributed by atoms with van der Waals surface area (Å²) >= 11 is 10.3. The lowest BCUT2D eigenvalue weighted by Crippen LogP contribution is -1.93. The average Bonchev–Trinajstić information content (AvgIpc) is 2.12. The minimum absolute atomic E-state index is 0.362. The second-order valence-corrected chi connectivity index (χ2v) is 2.25. The van der Waals surface area contributed by atoms with Gasteiger partial charge in [-0.2, -0.15) is 5.10 Å². The number of aryl methyl sites for hydroxylation is 1. The summed E-state index contributed by atoms with van der Waals surface area (Å²) in [5.41, 5.74) is 0. The number of hydrogen-bond acceptors (Lipinski definition) is 2. The molecule has 0 spiro atoms. The molecule has 1 N–H and O–H groups in total. The van der Waals surface area contributed by atoms with Crippen molar-refractivity contribution < 1.29 is 0 Å². The largest absolute Gasteiger partial charge is 0.290 e. The Bertz CT molecular complexity index is 251. The van der Waals surface area contributed by atoms with E-state index in [0.29, 0.717) is 10.8 Å². The summed E-state index contributed by atoms with van der Waals surface area (Å²) in [4.78, 5) is 0. The summed E-state index contributed by atoms with van der Waals surface area (Å²) in [7, 11) is 0. The third kappa shape index (κ3) is 1.14. The van der Waals surface area contributed by atoms with Gasteiger partial charge in [0.25, 0.3) is 0 Å². The lowest BCUT2D eigenvalue weighted by molar-refractivity contribution is 0.820. The molecule has 9 heavy (non-hydrogen) atoms. The van der Waals surface area contributed by atoms with E-state index in [0.717, 1.165) is 5.82 Å². The predicted molar refractivity (Wildman–Crippen MR) is 38.0 cm³/mol. The van der Waals surface area contributed by atoms with E-state index in [9.17, 15) is 0 Å². The molecule has 0 amide bonds. The molecule has 0 unspecified atom stereocenters. The van der Waals surface area contributed by atoms with Gasteiger partial charge in [0.2, 0.25) is 0 Å². The molecular formula is C4H6ClN3S. The molecule has 0 saturated carbocycles. The molecule has 0 fully saturated rings. The molecule has 0 aliphatic carbocycles. The Morgan fingerprint density at radius 2 is 2.56 bits per heavy atom. The molecule has 3 nitrogen and oxygen atoms in total. The van der Waals surface area contributed by atoms with Crippen LogP contribution in [0.4, 0.5) is 0 Å². The number of H-pyrrole nitrogens is 1. The van der Waals surface area contributed by atoms with Crippen molar-refractivity contribution in [2.45, 2.75) is 12.9 Å². The van der Waals surface area contributed by atoms with Gasteiger partial charge in [0.1, 0.15) is 11.8 Å². The van der Waals surface area contributed by atoms with Crippen molar-refractivity contribution in [1.82, 2.24) is 14.8 Å². The van der Waals surface area contributed by atoms with Gasteiger partial charge in [-0.15, -0.1) is 11.6 Å². The zero-order valence-electron chi connectivity index (χ0n) is 4.89. The minimum Gasteiger partial charge on any atom is -0.290 e. The van der Waals surface area contributed by atoms with Crippen molar-refractivity contribution in [3.63, 3.8) is 0 Å². The topological polar surface area (TPSA) is 33.6 Å². The average molecular weight is 164 g/mol. The van der Waals surface area contributed by atoms with E-state index in [1.807, 2.05) is 6.92 Å². The summed E-state index contributed by atoms with van der Waals surface area (Å²) < 4.78 is 2.28. The van der Waals surface area contributed by atoms with Crippen molar-refractivity contribution in [2.24, 2.45) is 0 Å². The van der Waals surface area contributed by atoms with Crippen LogP contribution < -0.4 is 0 Å². The van der Waals surface area contributed by atoms with E-state index < -0.39 is 0 Å². The van der Waals surface area contributed by atoms with E-state index >= 15 is 0 Å². The normalized spacial score (nSPS) is 10.0. The first-order valence-corrected chi connectivity index (χ1v) is 3.37. The van der Waals surface area contributed by atoms with Crippen LogP contribution in [0.2, 0.25) is 0 Å². The van der Waals surface area contributed by atoms with Crippen molar-refractivity contribution in [3.05, 3.63) is 10.6 Å². The van der Waals surface area contributed by atoms with Crippen LogP contribution in [0.25, 0.3) is 0 Å². The van der Waals surface area contributed by atoms with Gasteiger partial charge in [0.05, 0.1) is 0 Å². The highest BCUT2D eigenvalue weighted by Gasteiger charge is 1.95. The Kier molecular flexibility index (Phi) is 1.87. The Hall–Kier alpha value is -0.350. The molecule has 1 aromatic rings. The van der Waals surface area contributed by atoms with Crippen molar-refractivity contribution in [3.8, 4) is 0 Å². The minimum atomic E-state index is 0.362. The fourth-order valence-electron chi connectivity index (χ4n) is 0.537. The van der Waals surface area contributed by atoms with Gasteiger partial charge < -0.3 is 0 Å². The van der Waals surface area contributed by atoms with Crippen LogP contribution in [0, 0.1) is 11.7 Å². The van der Waals surface area contributed by atoms with Crippen molar-refractivity contribution >= 4 is 23.8 Å². The Balaban J connectivity index is 3.23. The standard InChI is InChI=1S/C4H6ClN3S/c1-3-6-7-4(9)8(3)2-5/h2H2,1H3,(H,7,9). The molecule has 0 aliphatic heterocycles. The molecule has 1 aromatic heterocycles. The first kappa shape index (κ1) is 6.77. The van der Waals surface area contributed by atoms with Gasteiger partial charge in [0, 0.05) is 0 Å². The number of aromatic amines is 1. The van der Waals surface area contributed by atoms with Crippen LogP contribution in [-0.2, 0) is 6.00 Å². The summed E-state index contributed by atoms with van der Waals surface area (Å²) in [5, 5.41) is 6.47. The molecule has 0 atom stereocenters. The van der Waals surface area contributed by atoms with E-state index in [1.165, 1.54) is 0 Å². The van der Waals surface area contributed by atoms with Gasteiger partial charge in [-0.25, -0.2) is 0 Å². The number of alkyl halides is 1. The molecule has 5 heteroatoms. The van der Waals surface area contributed by atoms with Crippen molar-refractivity contribution in [2.75, 3.05) is 0 Å². The lowest BCUT2D eigenvalue weighted by atomic mass is 10.7. The third-order valence-electron chi connectivity index (χ3n) is 1.07. The SMILES string of the molecule is Cc1n[nH]c(=S)n1CCl. The predicted octanol–water partition coefficient (Wildman–Crippen LogP) is 1.45. The summed E-state index contributed by atoms with van der Waals surface area (Å²) in [6.07, 6.45) is 0. The summed E-state index contributed by atoms with van der Waals surface area (Å²) in [6.45, 7) is 1.84. The van der Waals surface area contributed by atoms with Crippen LogP contribution in [0.1, 0.15) is 5.82 Å². The van der Waals surface area contributed by atoms with Crippen molar-refractivity contribution in [1.29, 1.82) is 0 Å². The van der Waals surface area contributed by atoms with Crippen LogP contribution in [0.15, 0.2) is 0 Å². The number of nitrogens with one attached hydrogen (secondary N) is 1. The summed E-state index contributed by atoms with van der Waals surface area (Å²) in [6, 6.07) is 0.362. The highest BCUT2D eigenvalue weighted by molar-refractivity contribution is 7.71. The van der Waals surface area contributed by atoms with Crippen LogP contribution in [0.3, 0.4) is 0 Å². The quantitative estimate of drug-likeness (QED) is 0.502. The number of rotatable bonds is 1. The molecule has 0 bridgehead atoms. The molecule has 1 rings (SSSR count). The van der Waals surface area contributed by atoms with Gasteiger partial charge in [-0.05, 0) is 19.1 Å². The Labute approximate surface area is 62.7 Å². The molecule has 0 aliphatic rings. The van der Waals surface area contributed by atoms with E-state index in [2.05, 4.69) is 10.2 Å². The Morgan fingerprint density at radius 3 is 2.78 bits per heavy atom. The number of hydrogen-bond donors (Lipinski definition) is 1. The maximum Gasteiger partial charge on any atom is 0.196 e. The molecule has 1 heterocycles. The monoisotopic (exact) mass is 163 g/mol. The molecule has 0 saturated heterocycles. The maximum atomic E-state index is 5.52. The Morgan fingerprint density at radius 1 is 1.89 bits per heavy atom. The third-order valence-corrected chi connectivity index (χ3v) is 1.62. The fourth-order valence-corrected chi connectivity index (χ4v) is 1.14. The maximum absolute atomic E-state index is 5.52. The lowest BCUT2D eigenvalue weighted by Gasteiger charge is -1.92. The zero-order chi connectivity index (χ0) is 6.85. The molecular weight excluding hydrogens is 158 g/mol.